The first kappa shape index (κ1) is 24.2. The van der Waals surface area contributed by atoms with Crippen LogP contribution in [-0.4, -0.2) is 72.9 Å². The lowest BCUT2D eigenvalue weighted by atomic mass is 10.0. The maximum atomic E-state index is 10.6. The van der Waals surface area contributed by atoms with Crippen molar-refractivity contribution in [3.05, 3.63) is 35.9 Å². The summed E-state index contributed by atoms with van der Waals surface area (Å²) in [6, 6.07) is 10.7. The highest BCUT2D eigenvalue weighted by atomic mass is 16.5. The lowest BCUT2D eigenvalue weighted by molar-refractivity contribution is 0.00518. The van der Waals surface area contributed by atoms with Crippen LogP contribution in [0.1, 0.15) is 51.5 Å². The zero-order chi connectivity index (χ0) is 23.0. The van der Waals surface area contributed by atoms with Gasteiger partial charge in [-0.25, -0.2) is 0 Å². The molecule has 7 heteroatoms. The lowest BCUT2D eigenvalue weighted by Gasteiger charge is -2.34. The summed E-state index contributed by atoms with van der Waals surface area (Å²) in [4.78, 5) is 4.66. The number of ether oxygens (including phenoxy) is 2. The minimum absolute atomic E-state index is 0.196. The van der Waals surface area contributed by atoms with Gasteiger partial charge < -0.3 is 24.0 Å². The maximum Gasteiger partial charge on any atom is 0.232 e. The van der Waals surface area contributed by atoms with E-state index in [0.717, 1.165) is 68.1 Å². The quantitative estimate of drug-likeness (QED) is 0.545. The highest BCUT2D eigenvalue weighted by Gasteiger charge is 2.30. The summed E-state index contributed by atoms with van der Waals surface area (Å²) >= 11 is 0. The third-order valence-electron chi connectivity index (χ3n) is 6.73. The molecule has 7 nitrogen and oxygen atoms in total. The molecular formula is C26H39N3O4. The Balaban J connectivity index is 1.62. The largest absolute Gasteiger partial charge is 0.389 e. The predicted octanol–water partition coefficient (Wildman–Crippen LogP) is 4.10. The second kappa shape index (κ2) is 12.0. The molecule has 33 heavy (non-hydrogen) atoms. The van der Waals surface area contributed by atoms with E-state index in [-0.39, 0.29) is 6.10 Å². The highest BCUT2D eigenvalue weighted by molar-refractivity contribution is 5.68. The van der Waals surface area contributed by atoms with E-state index in [4.69, 9.17) is 14.0 Å². The van der Waals surface area contributed by atoms with Gasteiger partial charge in [0.05, 0.1) is 24.4 Å². The maximum absolute atomic E-state index is 10.6. The van der Waals surface area contributed by atoms with Crippen LogP contribution in [0.4, 0.5) is 5.88 Å². The van der Waals surface area contributed by atoms with Gasteiger partial charge in [0.15, 0.2) is 0 Å². The Labute approximate surface area is 197 Å². The zero-order valence-electron chi connectivity index (χ0n) is 20.1. The molecule has 182 valence electrons. The second-order valence-electron chi connectivity index (χ2n) is 9.36. The summed E-state index contributed by atoms with van der Waals surface area (Å²) in [5.74, 6) is 0.873. The molecule has 0 aliphatic carbocycles. The van der Waals surface area contributed by atoms with Gasteiger partial charge in [0.1, 0.15) is 5.69 Å². The predicted molar refractivity (Wildman–Crippen MR) is 129 cm³/mol. The van der Waals surface area contributed by atoms with Crippen molar-refractivity contribution in [3.8, 4) is 11.3 Å². The molecule has 2 aromatic rings. The summed E-state index contributed by atoms with van der Waals surface area (Å²) in [7, 11) is 0. The molecule has 0 radical (unpaired) electrons. The van der Waals surface area contributed by atoms with Gasteiger partial charge in [-0.05, 0) is 46.0 Å². The molecule has 3 heterocycles. The third-order valence-corrected chi connectivity index (χ3v) is 6.73. The van der Waals surface area contributed by atoms with E-state index >= 15 is 0 Å². The smallest absolute Gasteiger partial charge is 0.232 e. The van der Waals surface area contributed by atoms with Gasteiger partial charge in [0, 0.05) is 51.0 Å². The Hall–Kier alpha value is -1.93. The van der Waals surface area contributed by atoms with Crippen LogP contribution in [0, 0.1) is 0 Å². The van der Waals surface area contributed by atoms with Crippen molar-refractivity contribution in [2.24, 2.45) is 0 Å². The van der Waals surface area contributed by atoms with Crippen molar-refractivity contribution >= 4 is 5.88 Å². The SMILES string of the molecule is CCOCC(O)CN(Cc1c(-c2ccccc2)noc1N1CCCCC1C)CC1CCCO1. The molecule has 0 bridgehead atoms. The van der Waals surface area contributed by atoms with Crippen molar-refractivity contribution in [2.75, 3.05) is 44.4 Å². The number of benzene rings is 1. The Bertz CT molecular complexity index is 837. The molecular weight excluding hydrogens is 418 g/mol. The van der Waals surface area contributed by atoms with Gasteiger partial charge in [0.25, 0.3) is 0 Å². The van der Waals surface area contributed by atoms with Gasteiger partial charge >= 0.3 is 0 Å². The first-order chi connectivity index (χ1) is 16.2. The number of hydrogen-bond donors (Lipinski definition) is 1. The number of piperidine rings is 1. The standard InChI is InChI=1S/C26H39N3O4/c1-3-31-19-22(30)16-28(17-23-13-9-15-32-23)18-24-25(21-11-5-4-6-12-21)27-33-26(24)29-14-8-7-10-20(29)2/h4-6,11-12,20,22-23,30H,3,7-10,13-19H2,1-2H3. The Morgan fingerprint density at radius 1 is 1.21 bits per heavy atom. The monoisotopic (exact) mass is 457 g/mol. The molecule has 2 aliphatic rings. The molecule has 0 spiro atoms. The van der Waals surface area contributed by atoms with Gasteiger partial charge in [-0.15, -0.1) is 0 Å². The molecule has 2 aliphatic heterocycles. The van der Waals surface area contributed by atoms with Crippen LogP contribution in [0.15, 0.2) is 34.9 Å². The van der Waals surface area contributed by atoms with Crippen LogP contribution in [0.5, 0.6) is 0 Å². The summed E-state index contributed by atoms with van der Waals surface area (Å²) in [6.45, 7) is 8.90. The summed E-state index contributed by atoms with van der Waals surface area (Å²) in [5.41, 5.74) is 3.04. The van der Waals surface area contributed by atoms with Crippen LogP contribution >= 0.6 is 0 Å². The molecule has 2 fully saturated rings. The number of rotatable bonds is 11. The molecule has 1 aromatic heterocycles. The highest BCUT2D eigenvalue weighted by Crippen LogP contribution is 2.35. The fraction of sp³-hybridized carbons (Fsp3) is 0.654. The number of hydrogen-bond acceptors (Lipinski definition) is 7. The molecule has 4 rings (SSSR count). The first-order valence-corrected chi connectivity index (χ1v) is 12.6. The third kappa shape index (κ3) is 6.35. The number of anilines is 1. The Morgan fingerprint density at radius 2 is 2.06 bits per heavy atom. The molecule has 2 saturated heterocycles. The fourth-order valence-corrected chi connectivity index (χ4v) is 5.00. The van der Waals surface area contributed by atoms with Gasteiger partial charge in [-0.2, -0.15) is 0 Å². The Kier molecular flexibility index (Phi) is 8.78. The first-order valence-electron chi connectivity index (χ1n) is 12.6. The van der Waals surface area contributed by atoms with Crippen LogP contribution < -0.4 is 4.90 Å². The molecule has 1 N–H and O–H groups in total. The Morgan fingerprint density at radius 3 is 2.79 bits per heavy atom. The van der Waals surface area contributed by atoms with E-state index < -0.39 is 6.10 Å². The van der Waals surface area contributed by atoms with E-state index in [2.05, 4.69) is 34.0 Å². The van der Waals surface area contributed by atoms with Gasteiger partial charge in [0.2, 0.25) is 5.88 Å². The number of aliphatic hydroxyl groups excluding tert-OH is 1. The van der Waals surface area contributed by atoms with Crippen LogP contribution in [0.2, 0.25) is 0 Å². The van der Waals surface area contributed by atoms with Crippen LogP contribution in [0.25, 0.3) is 11.3 Å². The second-order valence-corrected chi connectivity index (χ2v) is 9.36. The lowest BCUT2D eigenvalue weighted by Crippen LogP contribution is -2.40. The van der Waals surface area contributed by atoms with Crippen LogP contribution in [-0.2, 0) is 16.0 Å². The average molecular weight is 458 g/mol. The number of aromatic nitrogens is 1. The van der Waals surface area contributed by atoms with Gasteiger partial charge in [-0.1, -0.05) is 35.5 Å². The fourth-order valence-electron chi connectivity index (χ4n) is 5.00. The van der Waals surface area contributed by atoms with E-state index in [1.54, 1.807) is 0 Å². The van der Waals surface area contributed by atoms with E-state index in [0.29, 0.717) is 32.3 Å². The van der Waals surface area contributed by atoms with E-state index in [9.17, 15) is 5.11 Å². The summed E-state index contributed by atoms with van der Waals surface area (Å²) < 4.78 is 17.5. The molecule has 3 atom stereocenters. The molecule has 1 aromatic carbocycles. The summed E-state index contributed by atoms with van der Waals surface area (Å²) in [5, 5.41) is 15.2. The van der Waals surface area contributed by atoms with Crippen molar-refractivity contribution in [1.82, 2.24) is 10.1 Å². The van der Waals surface area contributed by atoms with Crippen molar-refractivity contribution in [3.63, 3.8) is 0 Å². The zero-order valence-corrected chi connectivity index (χ0v) is 20.1. The normalized spacial score (nSPS) is 22.2. The molecule has 3 unspecified atom stereocenters. The average Bonchev–Trinajstić information content (AvgIpc) is 3.49. The summed E-state index contributed by atoms with van der Waals surface area (Å²) in [6.07, 6.45) is 5.38. The van der Waals surface area contributed by atoms with E-state index in [1.165, 1.54) is 6.42 Å². The van der Waals surface area contributed by atoms with Crippen molar-refractivity contribution in [2.45, 2.75) is 70.7 Å². The van der Waals surface area contributed by atoms with Crippen molar-refractivity contribution < 1.29 is 19.1 Å². The minimum Gasteiger partial charge on any atom is -0.389 e. The van der Waals surface area contributed by atoms with Crippen LogP contribution in [0.3, 0.4) is 0 Å². The minimum atomic E-state index is -0.552. The molecule has 0 amide bonds. The number of aliphatic hydroxyl groups is 1. The van der Waals surface area contributed by atoms with Crippen molar-refractivity contribution in [1.29, 1.82) is 0 Å². The topological polar surface area (TPSA) is 71.2 Å². The number of nitrogens with zero attached hydrogens (tertiary/aromatic N) is 3. The molecule has 0 saturated carbocycles. The van der Waals surface area contributed by atoms with E-state index in [1.807, 2.05) is 25.1 Å². The van der Waals surface area contributed by atoms with Gasteiger partial charge in [-0.3, -0.25) is 4.90 Å².